The molecule has 1 fully saturated rings. The normalized spacial score (nSPS) is 14.9. The molecule has 0 unspecified atom stereocenters. The number of carbonyl (C=O) groups is 3. The summed E-state index contributed by atoms with van der Waals surface area (Å²) in [5.74, 6) is -0.908. The molecular formula is C25H22Cl2F3N3O3. The molecule has 1 amide bonds. The number of rotatable bonds is 4. The monoisotopic (exact) mass is 539 g/mol. The van der Waals surface area contributed by atoms with Crippen LogP contribution in [0, 0.1) is 19.8 Å². The maximum atomic E-state index is 13.6. The van der Waals surface area contributed by atoms with Crippen LogP contribution in [0.25, 0.3) is 10.9 Å². The number of halogens is 5. The van der Waals surface area contributed by atoms with Gasteiger partial charge in [-0.15, -0.1) is 0 Å². The number of fused-ring (bicyclic) bond motifs is 1. The van der Waals surface area contributed by atoms with Crippen LogP contribution in [0.2, 0.25) is 10.2 Å². The van der Waals surface area contributed by atoms with Gasteiger partial charge in [-0.1, -0.05) is 23.2 Å². The molecule has 0 N–H and O–H groups in total. The predicted octanol–water partition coefficient (Wildman–Crippen LogP) is 6.11. The summed E-state index contributed by atoms with van der Waals surface area (Å²) >= 11 is 12.8. The molecule has 3 aromatic rings. The summed E-state index contributed by atoms with van der Waals surface area (Å²) < 4.78 is 41.2. The topological polar surface area (TPSA) is 72.3 Å². The number of piperidine rings is 1. The molecule has 1 aliphatic rings. The van der Waals surface area contributed by atoms with E-state index in [9.17, 15) is 27.6 Å². The fourth-order valence-electron chi connectivity index (χ4n) is 4.65. The average molecular weight is 540 g/mol. The number of pyridine rings is 1. The SMILES string of the molecule is Cc1cn(C(=O)c2c(Cl)ncc(C(=O)N3CCC(CC=O)CC3)c2Cl)c2c(C)cc(C(F)(F)F)cc12. The number of hydrogen-bond acceptors (Lipinski definition) is 4. The average Bonchev–Trinajstić information content (AvgIpc) is 3.16. The number of benzene rings is 1. The van der Waals surface area contributed by atoms with Crippen LogP contribution in [0.5, 0.6) is 0 Å². The van der Waals surface area contributed by atoms with Crippen LogP contribution in [-0.2, 0) is 11.0 Å². The summed E-state index contributed by atoms with van der Waals surface area (Å²) in [6.45, 7) is 3.95. The van der Waals surface area contributed by atoms with Gasteiger partial charge in [-0.05, 0) is 55.9 Å². The van der Waals surface area contributed by atoms with Gasteiger partial charge in [0.15, 0.2) is 0 Å². The van der Waals surface area contributed by atoms with Crippen molar-refractivity contribution in [2.75, 3.05) is 13.1 Å². The Balaban J connectivity index is 1.73. The van der Waals surface area contributed by atoms with Crippen molar-refractivity contribution in [2.24, 2.45) is 5.92 Å². The summed E-state index contributed by atoms with van der Waals surface area (Å²) in [7, 11) is 0. The molecule has 1 aromatic carbocycles. The van der Waals surface area contributed by atoms with Gasteiger partial charge < -0.3 is 9.69 Å². The van der Waals surface area contributed by atoms with Gasteiger partial charge >= 0.3 is 6.18 Å². The zero-order valence-electron chi connectivity index (χ0n) is 19.5. The third-order valence-electron chi connectivity index (χ3n) is 6.58. The summed E-state index contributed by atoms with van der Waals surface area (Å²) in [6, 6.07) is 1.97. The smallest absolute Gasteiger partial charge is 0.339 e. The van der Waals surface area contributed by atoms with Crippen LogP contribution in [-0.4, -0.2) is 45.6 Å². The lowest BCUT2D eigenvalue weighted by Crippen LogP contribution is -2.38. The molecule has 0 aliphatic carbocycles. The minimum absolute atomic E-state index is 0.00233. The summed E-state index contributed by atoms with van der Waals surface area (Å²) in [4.78, 5) is 43.1. The first-order valence-corrected chi connectivity index (χ1v) is 12.0. The fourth-order valence-corrected chi connectivity index (χ4v) is 5.22. The Labute approximate surface area is 215 Å². The Morgan fingerprint density at radius 1 is 1.11 bits per heavy atom. The Morgan fingerprint density at radius 3 is 2.39 bits per heavy atom. The number of aromatic nitrogens is 2. The van der Waals surface area contributed by atoms with Gasteiger partial charge in [-0.25, -0.2) is 4.98 Å². The number of aryl methyl sites for hydroxylation is 2. The molecule has 6 nitrogen and oxygen atoms in total. The Morgan fingerprint density at radius 2 is 1.78 bits per heavy atom. The molecular weight excluding hydrogens is 518 g/mol. The molecule has 2 aromatic heterocycles. The van der Waals surface area contributed by atoms with E-state index in [2.05, 4.69) is 4.98 Å². The Kier molecular flexibility index (Phi) is 7.16. The highest BCUT2D eigenvalue weighted by molar-refractivity contribution is 6.41. The molecule has 36 heavy (non-hydrogen) atoms. The highest BCUT2D eigenvalue weighted by Crippen LogP contribution is 2.36. The Bertz CT molecular complexity index is 1380. The van der Waals surface area contributed by atoms with Crippen molar-refractivity contribution in [3.63, 3.8) is 0 Å². The van der Waals surface area contributed by atoms with E-state index in [1.165, 1.54) is 23.9 Å². The largest absolute Gasteiger partial charge is 0.416 e. The molecule has 0 bridgehead atoms. The quantitative estimate of drug-likeness (QED) is 0.296. The summed E-state index contributed by atoms with van der Waals surface area (Å²) in [5.41, 5.74) is -0.0431. The van der Waals surface area contributed by atoms with Crippen LogP contribution in [0.1, 0.15) is 56.7 Å². The standard InChI is InChI=1S/C25H22Cl2F3N3O3/c1-13-9-16(25(28,29)30)10-17-14(2)12-33(21(13)17)24(36)19-20(26)18(11-31-22(19)27)23(35)32-6-3-15(4-7-32)5-8-34/h8-12,15H,3-7H2,1-2H3. The minimum atomic E-state index is -4.54. The van der Waals surface area contributed by atoms with E-state index in [1.807, 2.05) is 0 Å². The predicted molar refractivity (Wildman–Crippen MR) is 130 cm³/mol. The number of amides is 1. The van der Waals surface area contributed by atoms with E-state index in [0.717, 1.165) is 18.4 Å². The number of hydrogen-bond donors (Lipinski definition) is 0. The maximum Gasteiger partial charge on any atom is 0.416 e. The lowest BCUT2D eigenvalue weighted by atomic mass is 9.94. The van der Waals surface area contributed by atoms with Crippen LogP contribution in [0.3, 0.4) is 0 Å². The number of carbonyl (C=O) groups excluding carboxylic acids is 3. The van der Waals surface area contributed by atoms with Gasteiger partial charge in [0.1, 0.15) is 11.4 Å². The number of aldehydes is 1. The first-order chi connectivity index (χ1) is 16.9. The molecule has 190 valence electrons. The van der Waals surface area contributed by atoms with Crippen molar-refractivity contribution < 1.29 is 27.6 Å². The third kappa shape index (κ3) is 4.74. The van der Waals surface area contributed by atoms with Gasteiger partial charge in [-0.3, -0.25) is 14.2 Å². The van der Waals surface area contributed by atoms with Gasteiger partial charge in [0.2, 0.25) is 0 Å². The fraction of sp³-hybridized carbons (Fsp3) is 0.360. The van der Waals surface area contributed by atoms with E-state index in [-0.39, 0.29) is 43.7 Å². The second-order valence-electron chi connectivity index (χ2n) is 8.96. The van der Waals surface area contributed by atoms with Gasteiger partial charge in [0, 0.05) is 37.3 Å². The van der Waals surface area contributed by atoms with Crippen molar-refractivity contribution in [3.8, 4) is 0 Å². The third-order valence-corrected chi connectivity index (χ3v) is 7.26. The maximum absolute atomic E-state index is 13.6. The number of nitrogens with zero attached hydrogens (tertiary/aromatic N) is 3. The molecule has 0 atom stereocenters. The van der Waals surface area contributed by atoms with Crippen molar-refractivity contribution in [1.82, 2.24) is 14.5 Å². The zero-order chi connectivity index (χ0) is 26.4. The van der Waals surface area contributed by atoms with Gasteiger partial charge in [0.25, 0.3) is 11.8 Å². The summed E-state index contributed by atoms with van der Waals surface area (Å²) in [5, 5.41) is -0.138. The highest BCUT2D eigenvalue weighted by atomic mass is 35.5. The first kappa shape index (κ1) is 26.2. The molecule has 4 rings (SSSR count). The van der Waals surface area contributed by atoms with Crippen LogP contribution in [0.15, 0.2) is 24.5 Å². The molecule has 0 spiro atoms. The lowest BCUT2D eigenvalue weighted by molar-refractivity contribution is -0.137. The molecule has 1 saturated heterocycles. The Hall–Kier alpha value is -2.91. The summed E-state index contributed by atoms with van der Waals surface area (Å²) in [6.07, 6.45) is 0.743. The number of likely N-dealkylation sites (tertiary alicyclic amines) is 1. The van der Waals surface area contributed by atoms with Crippen molar-refractivity contribution in [2.45, 2.75) is 39.3 Å². The minimum Gasteiger partial charge on any atom is -0.339 e. The van der Waals surface area contributed by atoms with Crippen molar-refractivity contribution >= 4 is 52.2 Å². The molecule has 0 saturated carbocycles. The lowest BCUT2D eigenvalue weighted by Gasteiger charge is -2.31. The highest BCUT2D eigenvalue weighted by Gasteiger charge is 2.33. The zero-order valence-corrected chi connectivity index (χ0v) is 21.0. The molecule has 3 heterocycles. The molecule has 1 aliphatic heterocycles. The van der Waals surface area contributed by atoms with E-state index >= 15 is 0 Å². The van der Waals surface area contributed by atoms with Gasteiger partial charge in [-0.2, -0.15) is 13.2 Å². The second-order valence-corrected chi connectivity index (χ2v) is 9.70. The van der Waals surface area contributed by atoms with E-state index < -0.39 is 23.6 Å². The number of alkyl halides is 3. The van der Waals surface area contributed by atoms with Crippen LogP contribution in [0.4, 0.5) is 13.2 Å². The van der Waals surface area contributed by atoms with Gasteiger partial charge in [0.05, 0.1) is 27.2 Å². The molecule has 11 heteroatoms. The van der Waals surface area contributed by atoms with Crippen molar-refractivity contribution in [3.05, 3.63) is 62.5 Å². The second kappa shape index (κ2) is 9.86. The molecule has 0 radical (unpaired) electrons. The van der Waals surface area contributed by atoms with Crippen molar-refractivity contribution in [1.29, 1.82) is 0 Å². The first-order valence-electron chi connectivity index (χ1n) is 11.2. The van der Waals surface area contributed by atoms with Crippen LogP contribution < -0.4 is 0 Å². The van der Waals surface area contributed by atoms with E-state index in [1.54, 1.807) is 11.8 Å². The van der Waals surface area contributed by atoms with E-state index in [0.29, 0.717) is 37.9 Å². The van der Waals surface area contributed by atoms with Crippen LogP contribution >= 0.6 is 23.2 Å². The van der Waals surface area contributed by atoms with E-state index in [4.69, 9.17) is 23.2 Å².